The van der Waals surface area contributed by atoms with Gasteiger partial charge in [-0.25, -0.2) is 4.39 Å². The molecule has 1 aliphatic rings. The van der Waals surface area contributed by atoms with Crippen molar-refractivity contribution >= 4 is 10.9 Å². The van der Waals surface area contributed by atoms with Gasteiger partial charge in [-0.2, -0.15) is 0 Å². The first-order chi connectivity index (χ1) is 15.1. The van der Waals surface area contributed by atoms with Crippen LogP contribution in [-0.4, -0.2) is 22.8 Å². The van der Waals surface area contributed by atoms with Gasteiger partial charge in [0.15, 0.2) is 0 Å². The van der Waals surface area contributed by atoms with Gasteiger partial charge in [0, 0.05) is 29.6 Å². The Morgan fingerprint density at radius 3 is 2.42 bits per heavy atom. The van der Waals surface area contributed by atoms with Gasteiger partial charge in [0.05, 0.1) is 6.54 Å². The molecule has 1 atom stereocenters. The first-order valence-electron chi connectivity index (χ1n) is 10.9. The molecule has 0 spiro atoms. The van der Waals surface area contributed by atoms with E-state index in [1.54, 1.807) is 12.1 Å². The van der Waals surface area contributed by atoms with E-state index in [-0.39, 0.29) is 5.82 Å². The Hall–Kier alpha value is -2.95. The Morgan fingerprint density at radius 2 is 1.65 bits per heavy atom. The zero-order chi connectivity index (χ0) is 21.4. The van der Waals surface area contributed by atoms with Crippen molar-refractivity contribution in [3.63, 3.8) is 0 Å². The molecule has 0 amide bonds. The summed E-state index contributed by atoms with van der Waals surface area (Å²) in [5, 5.41) is 16.9. The Kier molecular flexibility index (Phi) is 5.12. The predicted molar refractivity (Wildman–Crippen MR) is 123 cm³/mol. The first-order valence-corrected chi connectivity index (χ1v) is 10.9. The molecular weight excluding hydrogens is 387 g/mol. The van der Waals surface area contributed by atoms with Crippen molar-refractivity contribution < 1.29 is 9.50 Å². The minimum atomic E-state index is -1.28. The number of fused-ring (bicyclic) bond motifs is 3. The molecule has 0 saturated carbocycles. The van der Waals surface area contributed by atoms with E-state index in [1.165, 1.54) is 34.3 Å². The zero-order valence-corrected chi connectivity index (χ0v) is 17.7. The van der Waals surface area contributed by atoms with E-state index < -0.39 is 5.60 Å². The van der Waals surface area contributed by atoms with Crippen molar-refractivity contribution in [3.8, 4) is 0 Å². The zero-order valence-electron chi connectivity index (χ0n) is 17.7. The number of hydrogen-bond acceptors (Lipinski definition) is 2. The molecule has 5 rings (SSSR count). The Balaban J connectivity index is 1.72. The summed E-state index contributed by atoms with van der Waals surface area (Å²) in [5.74, 6) is -0.305. The average Bonchev–Trinajstić information content (AvgIpc) is 2.93. The second kappa shape index (κ2) is 7.95. The minimum absolute atomic E-state index is 0.305. The van der Waals surface area contributed by atoms with Crippen molar-refractivity contribution in [3.05, 3.63) is 107 Å². The van der Waals surface area contributed by atoms with Crippen LogP contribution < -0.4 is 5.32 Å². The quantitative estimate of drug-likeness (QED) is 0.507. The molecule has 158 valence electrons. The van der Waals surface area contributed by atoms with Gasteiger partial charge in [-0.05, 0) is 60.8 Å². The van der Waals surface area contributed by atoms with E-state index in [0.29, 0.717) is 12.1 Å². The summed E-state index contributed by atoms with van der Waals surface area (Å²) in [4.78, 5) is 0. The van der Waals surface area contributed by atoms with E-state index in [4.69, 9.17) is 0 Å². The maximum atomic E-state index is 13.7. The van der Waals surface area contributed by atoms with Crippen molar-refractivity contribution in [1.82, 2.24) is 9.88 Å². The van der Waals surface area contributed by atoms with Gasteiger partial charge in [0.2, 0.25) is 0 Å². The molecule has 1 aliphatic heterocycles. The summed E-state index contributed by atoms with van der Waals surface area (Å²) in [7, 11) is 0. The van der Waals surface area contributed by atoms with Gasteiger partial charge in [-0.15, -0.1) is 0 Å². The smallest absolute Gasteiger partial charge is 0.132 e. The van der Waals surface area contributed by atoms with Crippen LogP contribution in [0.3, 0.4) is 0 Å². The molecule has 4 aromatic rings. The molecule has 31 heavy (non-hydrogen) atoms. The number of hydrogen-bond donors (Lipinski definition) is 2. The summed E-state index contributed by atoms with van der Waals surface area (Å²) >= 11 is 0. The molecule has 1 unspecified atom stereocenters. The Labute approximate surface area is 182 Å². The number of benzene rings is 3. The lowest BCUT2D eigenvalue weighted by atomic mass is 9.86. The molecule has 3 aromatic carbocycles. The highest BCUT2D eigenvalue weighted by Gasteiger charge is 2.34. The summed E-state index contributed by atoms with van der Waals surface area (Å²) in [6.07, 6.45) is 1.89. The SMILES string of the molecule is Cc1ccc2c(c1)c1c(n2CC(O)(c2ccccc2)c2ccc(F)cc2)CCNCC1. The fraction of sp³-hybridized carbons (Fsp3) is 0.259. The fourth-order valence-corrected chi connectivity index (χ4v) is 4.90. The maximum absolute atomic E-state index is 13.7. The summed E-state index contributed by atoms with van der Waals surface area (Å²) < 4.78 is 16.0. The number of aromatic nitrogens is 1. The lowest BCUT2D eigenvalue weighted by Gasteiger charge is -2.31. The summed E-state index contributed by atoms with van der Waals surface area (Å²) in [5.41, 5.74) is 5.25. The van der Waals surface area contributed by atoms with Crippen LogP contribution in [0.4, 0.5) is 4.39 Å². The molecule has 4 heteroatoms. The van der Waals surface area contributed by atoms with Crippen molar-refractivity contribution in [1.29, 1.82) is 0 Å². The Bertz CT molecular complexity index is 1210. The minimum Gasteiger partial charge on any atom is -0.378 e. The first kappa shape index (κ1) is 20.0. The third kappa shape index (κ3) is 3.56. The summed E-state index contributed by atoms with van der Waals surface area (Å²) in [6, 6.07) is 22.5. The molecule has 0 aliphatic carbocycles. The molecular formula is C27H27FN2O. The van der Waals surface area contributed by atoms with Gasteiger partial charge < -0.3 is 15.0 Å². The van der Waals surface area contributed by atoms with E-state index >= 15 is 0 Å². The third-order valence-electron chi connectivity index (χ3n) is 6.49. The van der Waals surface area contributed by atoms with E-state index in [1.807, 2.05) is 30.3 Å². The summed E-state index contributed by atoms with van der Waals surface area (Å²) in [6.45, 7) is 4.37. The highest BCUT2D eigenvalue weighted by Crippen LogP contribution is 2.36. The predicted octanol–water partition coefficient (Wildman–Crippen LogP) is 4.71. The van der Waals surface area contributed by atoms with Crippen LogP contribution in [0, 0.1) is 12.7 Å². The molecule has 1 aromatic heterocycles. The number of aryl methyl sites for hydroxylation is 1. The van der Waals surface area contributed by atoms with Crippen LogP contribution in [0.5, 0.6) is 0 Å². The van der Waals surface area contributed by atoms with Crippen LogP contribution in [-0.2, 0) is 25.0 Å². The monoisotopic (exact) mass is 414 g/mol. The molecule has 0 bridgehead atoms. The highest BCUT2D eigenvalue weighted by molar-refractivity contribution is 5.86. The number of nitrogens with one attached hydrogen (secondary N) is 1. The lowest BCUT2D eigenvalue weighted by molar-refractivity contribution is 0.0617. The average molecular weight is 415 g/mol. The number of halogens is 1. The van der Waals surface area contributed by atoms with E-state index in [0.717, 1.165) is 37.0 Å². The fourth-order valence-electron chi connectivity index (χ4n) is 4.90. The van der Waals surface area contributed by atoms with Crippen molar-refractivity contribution in [2.24, 2.45) is 0 Å². The van der Waals surface area contributed by atoms with Gasteiger partial charge >= 0.3 is 0 Å². The van der Waals surface area contributed by atoms with Crippen LogP contribution in [0.2, 0.25) is 0 Å². The number of nitrogens with zero attached hydrogens (tertiary/aromatic N) is 1. The van der Waals surface area contributed by atoms with Crippen LogP contribution in [0.25, 0.3) is 10.9 Å². The van der Waals surface area contributed by atoms with E-state index in [2.05, 4.69) is 35.0 Å². The third-order valence-corrected chi connectivity index (χ3v) is 6.49. The van der Waals surface area contributed by atoms with Crippen LogP contribution in [0.15, 0.2) is 72.8 Å². The second-order valence-electron chi connectivity index (χ2n) is 8.52. The molecule has 3 nitrogen and oxygen atoms in total. The molecule has 0 saturated heterocycles. The molecule has 0 radical (unpaired) electrons. The van der Waals surface area contributed by atoms with Gasteiger partial charge in [0.1, 0.15) is 11.4 Å². The van der Waals surface area contributed by atoms with Crippen LogP contribution in [0.1, 0.15) is 27.9 Å². The maximum Gasteiger partial charge on any atom is 0.132 e. The topological polar surface area (TPSA) is 37.2 Å². The van der Waals surface area contributed by atoms with Crippen molar-refractivity contribution in [2.75, 3.05) is 13.1 Å². The second-order valence-corrected chi connectivity index (χ2v) is 8.52. The Morgan fingerprint density at radius 1 is 0.935 bits per heavy atom. The number of aliphatic hydroxyl groups is 1. The van der Waals surface area contributed by atoms with Gasteiger partial charge in [-0.1, -0.05) is 54.1 Å². The highest BCUT2D eigenvalue weighted by atomic mass is 19.1. The van der Waals surface area contributed by atoms with E-state index in [9.17, 15) is 9.50 Å². The van der Waals surface area contributed by atoms with Crippen LogP contribution >= 0.6 is 0 Å². The largest absolute Gasteiger partial charge is 0.378 e. The van der Waals surface area contributed by atoms with Gasteiger partial charge in [-0.3, -0.25) is 0 Å². The molecule has 0 fully saturated rings. The van der Waals surface area contributed by atoms with Crippen molar-refractivity contribution in [2.45, 2.75) is 31.9 Å². The molecule has 2 heterocycles. The lowest BCUT2D eigenvalue weighted by Crippen LogP contribution is -2.33. The molecule has 2 N–H and O–H groups in total. The normalized spacial score (nSPS) is 16.0. The number of rotatable bonds is 4. The standard InChI is InChI=1S/C27H27FN2O/c1-19-7-12-25-24(17-19)23-13-15-29-16-14-26(23)30(25)18-27(31,20-5-3-2-4-6-20)21-8-10-22(28)11-9-21/h2-12,17,29,31H,13-16,18H2,1H3. The van der Waals surface area contributed by atoms with Gasteiger partial charge in [0.25, 0.3) is 0 Å².